The number of allylic oxidation sites excluding steroid dienone is 1. The van der Waals surface area contributed by atoms with E-state index in [1.165, 1.54) is 19.3 Å². The fourth-order valence-electron chi connectivity index (χ4n) is 2.03. The summed E-state index contributed by atoms with van der Waals surface area (Å²) in [7, 11) is 0. The smallest absolute Gasteiger partial charge is 0.0647 e. The molecule has 1 aliphatic rings. The van der Waals surface area contributed by atoms with E-state index in [4.69, 9.17) is 0 Å². The van der Waals surface area contributed by atoms with Crippen LogP contribution in [0.2, 0.25) is 0 Å². The summed E-state index contributed by atoms with van der Waals surface area (Å²) in [6, 6.07) is 0. The van der Waals surface area contributed by atoms with Crippen LogP contribution < -0.4 is 0 Å². The molecule has 1 N–H and O–H groups in total. The van der Waals surface area contributed by atoms with E-state index in [9.17, 15) is 5.11 Å². The molecular formula is C11H20O. The summed E-state index contributed by atoms with van der Waals surface area (Å²) in [5, 5.41) is 9.96. The second-order valence-electron chi connectivity index (χ2n) is 3.97. The molecule has 0 aliphatic heterocycles. The van der Waals surface area contributed by atoms with Crippen molar-refractivity contribution in [3.63, 3.8) is 0 Å². The van der Waals surface area contributed by atoms with Gasteiger partial charge in [0.25, 0.3) is 0 Å². The molecule has 1 aliphatic carbocycles. The Kier molecular flexibility index (Phi) is 3.80. The third-order valence-electron chi connectivity index (χ3n) is 2.83. The summed E-state index contributed by atoms with van der Waals surface area (Å²) < 4.78 is 0. The van der Waals surface area contributed by atoms with Gasteiger partial charge >= 0.3 is 0 Å². The number of unbranched alkanes of at least 4 members (excludes halogenated alkanes) is 2. The summed E-state index contributed by atoms with van der Waals surface area (Å²) in [6.07, 6.45) is 10.9. The fourth-order valence-corrected chi connectivity index (χ4v) is 2.03. The van der Waals surface area contributed by atoms with Gasteiger partial charge in [-0.25, -0.2) is 0 Å². The van der Waals surface area contributed by atoms with Crippen molar-refractivity contribution < 1.29 is 5.11 Å². The number of rotatable bonds is 5. The molecule has 0 unspecified atom stereocenters. The van der Waals surface area contributed by atoms with Crippen molar-refractivity contribution in [1.29, 1.82) is 0 Å². The minimum atomic E-state index is -0.291. The highest BCUT2D eigenvalue weighted by Crippen LogP contribution is 2.33. The van der Waals surface area contributed by atoms with Crippen LogP contribution in [0.3, 0.4) is 0 Å². The molecule has 1 fully saturated rings. The van der Waals surface area contributed by atoms with E-state index < -0.39 is 0 Å². The molecule has 0 aromatic carbocycles. The highest BCUT2D eigenvalue weighted by molar-refractivity contribution is 4.84. The molecule has 1 rings (SSSR count). The third-order valence-corrected chi connectivity index (χ3v) is 2.83. The van der Waals surface area contributed by atoms with Crippen molar-refractivity contribution in [2.75, 3.05) is 0 Å². The summed E-state index contributed by atoms with van der Waals surface area (Å²) in [5.41, 5.74) is -0.291. The standard InChI is InChI=1S/C11H20O/c1-2-3-4-5-8-11(12)9-6-7-10-11/h2,12H,1,3-10H2. The molecule has 0 aromatic rings. The lowest BCUT2D eigenvalue weighted by Crippen LogP contribution is -2.23. The van der Waals surface area contributed by atoms with E-state index in [-0.39, 0.29) is 5.60 Å². The van der Waals surface area contributed by atoms with Gasteiger partial charge in [-0.2, -0.15) is 0 Å². The van der Waals surface area contributed by atoms with Crippen molar-refractivity contribution in [2.45, 2.75) is 57.0 Å². The van der Waals surface area contributed by atoms with Crippen LogP contribution in [0.15, 0.2) is 12.7 Å². The van der Waals surface area contributed by atoms with Gasteiger partial charge in [-0.1, -0.05) is 25.3 Å². The van der Waals surface area contributed by atoms with E-state index in [0.717, 1.165) is 32.1 Å². The van der Waals surface area contributed by atoms with E-state index in [1.54, 1.807) is 0 Å². The topological polar surface area (TPSA) is 20.2 Å². The molecule has 0 amide bonds. The van der Waals surface area contributed by atoms with Crippen LogP contribution in [0, 0.1) is 0 Å². The SMILES string of the molecule is C=CCCCCC1(O)CCCC1. The van der Waals surface area contributed by atoms with E-state index >= 15 is 0 Å². The Morgan fingerprint density at radius 2 is 1.92 bits per heavy atom. The van der Waals surface area contributed by atoms with Crippen molar-refractivity contribution >= 4 is 0 Å². The monoisotopic (exact) mass is 168 g/mol. The van der Waals surface area contributed by atoms with Gasteiger partial charge in [-0.3, -0.25) is 0 Å². The van der Waals surface area contributed by atoms with Gasteiger partial charge in [0, 0.05) is 0 Å². The fraction of sp³-hybridized carbons (Fsp3) is 0.818. The Balaban J connectivity index is 2.08. The normalized spacial score (nSPS) is 21.1. The van der Waals surface area contributed by atoms with Crippen molar-refractivity contribution in [3.05, 3.63) is 12.7 Å². The van der Waals surface area contributed by atoms with Crippen LogP contribution in [0.1, 0.15) is 51.4 Å². The summed E-state index contributed by atoms with van der Waals surface area (Å²) in [6.45, 7) is 3.68. The van der Waals surface area contributed by atoms with Gasteiger partial charge in [0.05, 0.1) is 5.60 Å². The van der Waals surface area contributed by atoms with E-state index in [2.05, 4.69) is 6.58 Å². The van der Waals surface area contributed by atoms with Crippen LogP contribution in [-0.4, -0.2) is 10.7 Å². The molecule has 1 nitrogen and oxygen atoms in total. The van der Waals surface area contributed by atoms with Gasteiger partial charge < -0.3 is 5.11 Å². The predicted octanol–water partition coefficient (Wildman–Crippen LogP) is 3.04. The van der Waals surface area contributed by atoms with Crippen molar-refractivity contribution in [1.82, 2.24) is 0 Å². The van der Waals surface area contributed by atoms with E-state index in [1.807, 2.05) is 6.08 Å². The molecule has 0 atom stereocenters. The van der Waals surface area contributed by atoms with E-state index in [0.29, 0.717) is 0 Å². The van der Waals surface area contributed by atoms with Gasteiger partial charge in [0.15, 0.2) is 0 Å². The second-order valence-corrected chi connectivity index (χ2v) is 3.97. The highest BCUT2D eigenvalue weighted by atomic mass is 16.3. The highest BCUT2D eigenvalue weighted by Gasteiger charge is 2.29. The lowest BCUT2D eigenvalue weighted by Gasteiger charge is -2.21. The van der Waals surface area contributed by atoms with Crippen LogP contribution in [-0.2, 0) is 0 Å². The first-order chi connectivity index (χ1) is 5.77. The van der Waals surface area contributed by atoms with Crippen LogP contribution in [0.5, 0.6) is 0 Å². The quantitative estimate of drug-likeness (QED) is 0.494. The van der Waals surface area contributed by atoms with Crippen LogP contribution >= 0.6 is 0 Å². The molecule has 0 spiro atoms. The van der Waals surface area contributed by atoms with Crippen LogP contribution in [0.25, 0.3) is 0 Å². The zero-order valence-electron chi connectivity index (χ0n) is 7.89. The molecule has 0 saturated heterocycles. The van der Waals surface area contributed by atoms with Gasteiger partial charge in [-0.05, 0) is 32.1 Å². The van der Waals surface area contributed by atoms with Crippen molar-refractivity contribution in [3.8, 4) is 0 Å². The number of hydrogen-bond donors (Lipinski definition) is 1. The maximum absolute atomic E-state index is 9.96. The molecule has 0 bridgehead atoms. The molecule has 1 saturated carbocycles. The maximum Gasteiger partial charge on any atom is 0.0647 e. The molecule has 70 valence electrons. The van der Waals surface area contributed by atoms with Gasteiger partial charge in [-0.15, -0.1) is 6.58 Å². The largest absolute Gasteiger partial charge is 0.390 e. The van der Waals surface area contributed by atoms with Gasteiger partial charge in [0.2, 0.25) is 0 Å². The Bertz CT molecular complexity index is 134. The summed E-state index contributed by atoms with van der Waals surface area (Å²) in [4.78, 5) is 0. The average molecular weight is 168 g/mol. The Hall–Kier alpha value is -0.300. The lowest BCUT2D eigenvalue weighted by atomic mass is 9.95. The second kappa shape index (κ2) is 4.66. The van der Waals surface area contributed by atoms with Crippen LogP contribution in [0.4, 0.5) is 0 Å². The third kappa shape index (κ3) is 2.98. The maximum atomic E-state index is 9.96. The molecule has 1 heteroatoms. The Morgan fingerprint density at radius 3 is 2.50 bits per heavy atom. The minimum absolute atomic E-state index is 0.291. The first kappa shape index (κ1) is 9.79. The number of hydrogen-bond acceptors (Lipinski definition) is 1. The lowest BCUT2D eigenvalue weighted by molar-refractivity contribution is 0.0364. The minimum Gasteiger partial charge on any atom is -0.390 e. The molecule has 0 radical (unpaired) electrons. The molecule has 12 heavy (non-hydrogen) atoms. The first-order valence-electron chi connectivity index (χ1n) is 5.10. The molecule has 0 aromatic heterocycles. The van der Waals surface area contributed by atoms with Crippen molar-refractivity contribution in [2.24, 2.45) is 0 Å². The average Bonchev–Trinajstić information content (AvgIpc) is 2.47. The zero-order chi connectivity index (χ0) is 8.86. The summed E-state index contributed by atoms with van der Waals surface area (Å²) in [5.74, 6) is 0. The zero-order valence-corrected chi connectivity index (χ0v) is 7.89. The van der Waals surface area contributed by atoms with Gasteiger partial charge in [0.1, 0.15) is 0 Å². The molecule has 0 heterocycles. The number of aliphatic hydroxyl groups is 1. The summed E-state index contributed by atoms with van der Waals surface area (Å²) >= 11 is 0. The molecular weight excluding hydrogens is 148 g/mol. The first-order valence-corrected chi connectivity index (χ1v) is 5.10. The Labute approximate surface area is 75.5 Å². The predicted molar refractivity (Wildman–Crippen MR) is 52.1 cm³/mol. The Morgan fingerprint density at radius 1 is 1.25 bits per heavy atom.